The third kappa shape index (κ3) is 3.50. The zero-order valence-corrected chi connectivity index (χ0v) is 12.8. The number of nitrogens with one attached hydrogen (secondary N) is 1. The Labute approximate surface area is 129 Å². The van der Waals surface area contributed by atoms with E-state index in [0.29, 0.717) is 30.0 Å². The van der Waals surface area contributed by atoms with Crippen molar-refractivity contribution >= 4 is 17.6 Å². The van der Waals surface area contributed by atoms with Crippen molar-refractivity contribution in [3.8, 4) is 11.5 Å². The standard InChI is InChI=1S/C16H21NO5/c1-21-13-8-7-10(9-14(13)22-2)17-15(18)11-5-3-4-6-12(11)16(19)20/h7-9,11-12H,3-6H2,1-2H3,(H,17,18)(H,19,20)/p-1/t11-,12-/m0/s1. The number of carboxylic acids is 1. The van der Waals surface area contributed by atoms with Crippen LogP contribution in [0.15, 0.2) is 18.2 Å². The normalized spacial score (nSPS) is 21.0. The molecule has 120 valence electrons. The van der Waals surface area contributed by atoms with Crippen LogP contribution in [0.25, 0.3) is 0 Å². The molecule has 0 unspecified atom stereocenters. The number of amides is 1. The van der Waals surface area contributed by atoms with Gasteiger partial charge in [-0.2, -0.15) is 0 Å². The highest BCUT2D eigenvalue weighted by Crippen LogP contribution is 2.33. The first-order valence-electron chi connectivity index (χ1n) is 7.30. The fraction of sp³-hybridized carbons (Fsp3) is 0.500. The summed E-state index contributed by atoms with van der Waals surface area (Å²) in [4.78, 5) is 23.5. The molecule has 1 aromatic carbocycles. The van der Waals surface area contributed by atoms with Crippen molar-refractivity contribution in [3.05, 3.63) is 18.2 Å². The van der Waals surface area contributed by atoms with Gasteiger partial charge < -0.3 is 24.7 Å². The van der Waals surface area contributed by atoms with Crippen molar-refractivity contribution in [2.24, 2.45) is 11.8 Å². The first kappa shape index (κ1) is 16.1. The summed E-state index contributed by atoms with van der Waals surface area (Å²) in [6.07, 6.45) is 2.73. The molecule has 1 aliphatic carbocycles. The van der Waals surface area contributed by atoms with E-state index in [0.717, 1.165) is 12.8 Å². The topological polar surface area (TPSA) is 87.7 Å². The third-order valence-corrected chi connectivity index (χ3v) is 4.06. The lowest BCUT2D eigenvalue weighted by atomic mass is 9.78. The van der Waals surface area contributed by atoms with Crippen molar-refractivity contribution in [1.29, 1.82) is 0 Å². The van der Waals surface area contributed by atoms with Gasteiger partial charge in [-0.15, -0.1) is 0 Å². The van der Waals surface area contributed by atoms with Crippen LogP contribution in [0.5, 0.6) is 11.5 Å². The van der Waals surface area contributed by atoms with E-state index in [-0.39, 0.29) is 5.91 Å². The second-order valence-electron chi connectivity index (χ2n) is 5.38. The molecule has 0 spiro atoms. The lowest BCUT2D eigenvalue weighted by Crippen LogP contribution is -2.42. The van der Waals surface area contributed by atoms with Gasteiger partial charge in [-0.05, 0) is 25.0 Å². The predicted octanol–water partition coefficient (Wildman–Crippen LogP) is 1.20. The number of carboxylic acid groups (broad SMARTS) is 1. The SMILES string of the molecule is COc1ccc(NC(=O)[C@H]2CCCC[C@@H]2C(=O)[O-])cc1OC. The molecule has 1 amide bonds. The fourth-order valence-electron chi connectivity index (χ4n) is 2.88. The van der Waals surface area contributed by atoms with E-state index in [9.17, 15) is 14.7 Å². The molecule has 1 aromatic rings. The molecule has 0 aromatic heterocycles. The Kier molecular flexibility index (Phi) is 5.25. The molecule has 6 heteroatoms. The van der Waals surface area contributed by atoms with Crippen LogP contribution in [0.1, 0.15) is 25.7 Å². The number of methoxy groups -OCH3 is 2. The van der Waals surface area contributed by atoms with Crippen molar-refractivity contribution in [1.82, 2.24) is 0 Å². The van der Waals surface area contributed by atoms with Crippen LogP contribution >= 0.6 is 0 Å². The number of aliphatic carboxylic acids is 1. The Morgan fingerprint density at radius 3 is 2.32 bits per heavy atom. The molecule has 1 saturated carbocycles. The lowest BCUT2D eigenvalue weighted by molar-refractivity contribution is -0.313. The molecule has 0 heterocycles. The Morgan fingerprint density at radius 1 is 1.09 bits per heavy atom. The molecule has 0 aliphatic heterocycles. The van der Waals surface area contributed by atoms with Gasteiger partial charge in [0.2, 0.25) is 5.91 Å². The molecule has 1 aliphatic rings. The van der Waals surface area contributed by atoms with Gasteiger partial charge >= 0.3 is 0 Å². The van der Waals surface area contributed by atoms with Gasteiger partial charge in [0.1, 0.15) is 0 Å². The van der Waals surface area contributed by atoms with Gasteiger partial charge in [0.05, 0.1) is 14.2 Å². The minimum atomic E-state index is -1.15. The molecule has 1 N–H and O–H groups in total. The molecule has 0 radical (unpaired) electrons. The molecule has 6 nitrogen and oxygen atoms in total. The smallest absolute Gasteiger partial charge is 0.228 e. The number of anilines is 1. The Balaban J connectivity index is 2.12. The Hall–Kier alpha value is -2.24. The Morgan fingerprint density at radius 2 is 1.73 bits per heavy atom. The number of benzene rings is 1. The van der Waals surface area contributed by atoms with Crippen LogP contribution in [-0.2, 0) is 9.59 Å². The van der Waals surface area contributed by atoms with E-state index in [4.69, 9.17) is 9.47 Å². The summed E-state index contributed by atoms with van der Waals surface area (Å²) in [5, 5.41) is 13.9. The van der Waals surface area contributed by atoms with E-state index in [1.54, 1.807) is 18.2 Å². The van der Waals surface area contributed by atoms with E-state index in [2.05, 4.69) is 5.32 Å². The van der Waals surface area contributed by atoms with E-state index in [1.807, 2.05) is 0 Å². The predicted molar refractivity (Wildman–Crippen MR) is 78.6 cm³/mol. The van der Waals surface area contributed by atoms with E-state index < -0.39 is 17.8 Å². The molecule has 0 saturated heterocycles. The Bertz CT molecular complexity index is 557. The summed E-state index contributed by atoms with van der Waals surface area (Å²) in [6, 6.07) is 5.02. The highest BCUT2D eigenvalue weighted by atomic mass is 16.5. The minimum absolute atomic E-state index is 0.291. The van der Waals surface area contributed by atoms with Crippen LogP contribution < -0.4 is 19.9 Å². The number of ether oxygens (including phenoxy) is 2. The van der Waals surface area contributed by atoms with Crippen LogP contribution in [0.2, 0.25) is 0 Å². The van der Waals surface area contributed by atoms with Crippen LogP contribution in [0.3, 0.4) is 0 Å². The highest BCUT2D eigenvalue weighted by molar-refractivity contribution is 5.95. The average molecular weight is 306 g/mol. The molecule has 2 rings (SSSR count). The van der Waals surface area contributed by atoms with E-state index in [1.165, 1.54) is 14.2 Å². The number of rotatable bonds is 5. The molecule has 0 bridgehead atoms. The maximum absolute atomic E-state index is 12.4. The number of carbonyl (C=O) groups is 2. The quantitative estimate of drug-likeness (QED) is 0.883. The van der Waals surface area contributed by atoms with E-state index >= 15 is 0 Å². The van der Waals surface area contributed by atoms with Crippen molar-refractivity contribution in [2.75, 3.05) is 19.5 Å². The third-order valence-electron chi connectivity index (χ3n) is 4.06. The first-order chi connectivity index (χ1) is 10.6. The summed E-state index contributed by atoms with van der Waals surface area (Å²) in [5.41, 5.74) is 0.547. The summed E-state index contributed by atoms with van der Waals surface area (Å²) in [7, 11) is 3.04. The van der Waals surface area contributed by atoms with Crippen molar-refractivity contribution in [2.45, 2.75) is 25.7 Å². The largest absolute Gasteiger partial charge is 0.550 e. The molecular formula is C16H20NO5-. The van der Waals surface area contributed by atoms with Gasteiger partial charge in [-0.3, -0.25) is 4.79 Å². The minimum Gasteiger partial charge on any atom is -0.550 e. The van der Waals surface area contributed by atoms with Crippen molar-refractivity contribution in [3.63, 3.8) is 0 Å². The highest BCUT2D eigenvalue weighted by Gasteiger charge is 2.31. The zero-order chi connectivity index (χ0) is 16.1. The number of carbonyl (C=O) groups excluding carboxylic acids is 2. The molecule has 22 heavy (non-hydrogen) atoms. The van der Waals surface area contributed by atoms with Gasteiger partial charge in [-0.1, -0.05) is 12.8 Å². The number of hydrogen-bond acceptors (Lipinski definition) is 5. The summed E-state index contributed by atoms with van der Waals surface area (Å²) >= 11 is 0. The van der Waals surface area contributed by atoms with Gasteiger partial charge in [0, 0.05) is 29.6 Å². The second-order valence-corrected chi connectivity index (χ2v) is 5.38. The van der Waals surface area contributed by atoms with Gasteiger partial charge in [-0.25, -0.2) is 0 Å². The molecular weight excluding hydrogens is 286 g/mol. The maximum atomic E-state index is 12.4. The summed E-state index contributed by atoms with van der Waals surface area (Å²) < 4.78 is 10.3. The van der Waals surface area contributed by atoms with Gasteiger partial charge in [0.25, 0.3) is 0 Å². The van der Waals surface area contributed by atoms with Crippen molar-refractivity contribution < 1.29 is 24.2 Å². The second kappa shape index (κ2) is 7.15. The zero-order valence-electron chi connectivity index (χ0n) is 12.8. The first-order valence-corrected chi connectivity index (χ1v) is 7.30. The summed E-state index contributed by atoms with van der Waals surface area (Å²) in [6.45, 7) is 0. The fourth-order valence-corrected chi connectivity index (χ4v) is 2.88. The van der Waals surface area contributed by atoms with Gasteiger partial charge in [0.15, 0.2) is 11.5 Å². The maximum Gasteiger partial charge on any atom is 0.228 e. The van der Waals surface area contributed by atoms with Crippen LogP contribution in [0, 0.1) is 11.8 Å². The lowest BCUT2D eigenvalue weighted by Gasteiger charge is -2.31. The van der Waals surface area contributed by atoms with Crippen LogP contribution in [-0.4, -0.2) is 26.1 Å². The average Bonchev–Trinajstić information content (AvgIpc) is 2.54. The molecule has 1 fully saturated rings. The summed E-state index contributed by atoms with van der Waals surface area (Å²) in [5.74, 6) is -1.64. The monoisotopic (exact) mass is 306 g/mol. The number of hydrogen-bond donors (Lipinski definition) is 1. The molecule has 2 atom stereocenters. The van der Waals surface area contributed by atoms with Crippen LogP contribution in [0.4, 0.5) is 5.69 Å².